The highest BCUT2D eigenvalue weighted by Crippen LogP contribution is 2.42. The van der Waals surface area contributed by atoms with E-state index in [4.69, 9.17) is 27.9 Å². The number of carbonyl (C=O) groups excluding carboxylic acids is 2. The van der Waals surface area contributed by atoms with Gasteiger partial charge in [0, 0.05) is 15.0 Å². The third kappa shape index (κ3) is 3.79. The maximum absolute atomic E-state index is 13.1. The van der Waals surface area contributed by atoms with E-state index in [0.717, 1.165) is 34.4 Å². The first-order chi connectivity index (χ1) is 13.9. The van der Waals surface area contributed by atoms with Crippen molar-refractivity contribution < 1.29 is 14.3 Å². The largest absolute Gasteiger partial charge is 0.462 e. The van der Waals surface area contributed by atoms with Crippen LogP contribution in [0.1, 0.15) is 50.7 Å². The third-order valence-electron chi connectivity index (χ3n) is 5.03. The van der Waals surface area contributed by atoms with Crippen molar-refractivity contribution in [1.29, 1.82) is 0 Å². The van der Waals surface area contributed by atoms with Crippen LogP contribution in [0, 0.1) is 5.92 Å². The minimum Gasteiger partial charge on any atom is -0.462 e. The van der Waals surface area contributed by atoms with Crippen molar-refractivity contribution in [2.24, 2.45) is 5.92 Å². The molecule has 1 aliphatic rings. The van der Waals surface area contributed by atoms with E-state index in [1.54, 1.807) is 13.0 Å². The number of amides is 1. The van der Waals surface area contributed by atoms with E-state index >= 15 is 0 Å². The molecule has 1 aromatic carbocycles. The van der Waals surface area contributed by atoms with Gasteiger partial charge >= 0.3 is 5.97 Å². The fourth-order valence-electron chi connectivity index (χ4n) is 3.63. The zero-order valence-corrected chi connectivity index (χ0v) is 19.1. The zero-order valence-electron chi connectivity index (χ0n) is 15.9. The molecule has 1 aliphatic carbocycles. The maximum atomic E-state index is 13.1. The molecular weight excluding hydrogens is 449 g/mol. The number of ether oxygens (including phenoxy) is 1. The van der Waals surface area contributed by atoms with Gasteiger partial charge in [-0.25, -0.2) is 4.79 Å². The number of thiophene rings is 2. The van der Waals surface area contributed by atoms with Crippen LogP contribution in [0.2, 0.25) is 10.0 Å². The van der Waals surface area contributed by atoms with Gasteiger partial charge in [-0.05, 0) is 49.8 Å². The summed E-state index contributed by atoms with van der Waals surface area (Å²) in [6.07, 6.45) is 2.74. The number of hydrogen-bond donors (Lipinski definition) is 1. The lowest BCUT2D eigenvalue weighted by atomic mass is 9.88. The van der Waals surface area contributed by atoms with Crippen LogP contribution in [0.5, 0.6) is 0 Å². The average Bonchev–Trinajstić information content (AvgIpc) is 3.19. The molecule has 0 radical (unpaired) electrons. The van der Waals surface area contributed by atoms with Gasteiger partial charge in [0.15, 0.2) is 0 Å². The number of nitrogens with one attached hydrogen (secondary N) is 1. The molecular formula is C21H19Cl2NO3S2. The third-order valence-corrected chi connectivity index (χ3v) is 8.16. The first-order valence-corrected chi connectivity index (χ1v) is 11.8. The molecule has 1 unspecified atom stereocenters. The highest BCUT2D eigenvalue weighted by Gasteiger charge is 2.30. The van der Waals surface area contributed by atoms with Crippen LogP contribution in [0.25, 0.3) is 10.1 Å². The number of fused-ring (bicyclic) bond motifs is 2. The van der Waals surface area contributed by atoms with Crippen LogP contribution in [-0.2, 0) is 17.6 Å². The lowest BCUT2D eigenvalue weighted by Gasteiger charge is -2.18. The summed E-state index contributed by atoms with van der Waals surface area (Å²) in [4.78, 5) is 27.2. The molecule has 0 saturated heterocycles. The molecule has 0 saturated carbocycles. The molecule has 152 valence electrons. The number of benzene rings is 1. The van der Waals surface area contributed by atoms with Gasteiger partial charge in [-0.3, -0.25) is 4.79 Å². The highest BCUT2D eigenvalue weighted by atomic mass is 35.5. The van der Waals surface area contributed by atoms with E-state index in [1.165, 1.54) is 22.7 Å². The molecule has 4 rings (SSSR count). The van der Waals surface area contributed by atoms with Crippen molar-refractivity contribution in [2.75, 3.05) is 11.9 Å². The number of hydrogen-bond acceptors (Lipinski definition) is 5. The van der Waals surface area contributed by atoms with Gasteiger partial charge in [-0.1, -0.05) is 36.2 Å². The van der Waals surface area contributed by atoms with E-state index < -0.39 is 0 Å². The summed E-state index contributed by atoms with van der Waals surface area (Å²) in [5.74, 6) is -0.177. The Morgan fingerprint density at radius 1 is 1.28 bits per heavy atom. The topological polar surface area (TPSA) is 55.4 Å². The molecule has 0 aliphatic heterocycles. The molecule has 2 aromatic heterocycles. The van der Waals surface area contributed by atoms with Crippen LogP contribution < -0.4 is 5.32 Å². The molecule has 8 heteroatoms. The van der Waals surface area contributed by atoms with Crippen molar-refractivity contribution >= 4 is 72.8 Å². The minimum absolute atomic E-state index is 0.286. The SMILES string of the molecule is CCOC(=O)c1c(NC(=O)c2sc3cccc(Cl)c3c2Cl)sc2c1CCC(C)C2. The number of carbonyl (C=O) groups is 2. The highest BCUT2D eigenvalue weighted by molar-refractivity contribution is 7.22. The molecule has 2 heterocycles. The summed E-state index contributed by atoms with van der Waals surface area (Å²) in [5.41, 5.74) is 1.50. The molecule has 3 aromatic rings. The van der Waals surface area contributed by atoms with Crippen LogP contribution in [0.15, 0.2) is 18.2 Å². The number of rotatable bonds is 4. The summed E-state index contributed by atoms with van der Waals surface area (Å²) in [5, 5.41) is 4.98. The fourth-order valence-corrected chi connectivity index (χ4v) is 6.88. The predicted molar refractivity (Wildman–Crippen MR) is 121 cm³/mol. The Bertz CT molecular complexity index is 1120. The normalized spacial score (nSPS) is 15.9. The molecule has 0 bridgehead atoms. The molecule has 0 fully saturated rings. The van der Waals surface area contributed by atoms with E-state index in [-0.39, 0.29) is 18.5 Å². The monoisotopic (exact) mass is 467 g/mol. The van der Waals surface area contributed by atoms with Crippen molar-refractivity contribution in [3.05, 3.63) is 49.1 Å². The van der Waals surface area contributed by atoms with Crippen molar-refractivity contribution in [1.82, 2.24) is 0 Å². The maximum Gasteiger partial charge on any atom is 0.341 e. The molecule has 4 nitrogen and oxygen atoms in total. The quantitative estimate of drug-likeness (QED) is 0.428. The summed E-state index contributed by atoms with van der Waals surface area (Å²) < 4.78 is 6.12. The predicted octanol–water partition coefficient (Wildman–Crippen LogP) is 6.82. The van der Waals surface area contributed by atoms with Crippen LogP contribution in [0.3, 0.4) is 0 Å². The standard InChI is InChI=1S/C21H19Cl2NO3S2/c1-3-27-21(26)15-11-8-7-10(2)9-14(11)29-20(15)24-19(25)18-17(23)16-12(22)5-4-6-13(16)28-18/h4-6,10H,3,7-9H2,1-2H3,(H,24,25). The second-order valence-corrected chi connectivity index (χ2v) is 10.0. The van der Waals surface area contributed by atoms with E-state index in [2.05, 4.69) is 12.2 Å². The van der Waals surface area contributed by atoms with E-state index in [1.807, 2.05) is 12.1 Å². The molecule has 1 atom stereocenters. The fraction of sp³-hybridized carbons (Fsp3) is 0.333. The summed E-state index contributed by atoms with van der Waals surface area (Å²) in [7, 11) is 0. The van der Waals surface area contributed by atoms with E-state index in [0.29, 0.717) is 36.8 Å². The lowest BCUT2D eigenvalue weighted by Crippen LogP contribution is -2.16. The average molecular weight is 468 g/mol. The van der Waals surface area contributed by atoms with Crippen LogP contribution in [-0.4, -0.2) is 18.5 Å². The van der Waals surface area contributed by atoms with Gasteiger partial charge in [-0.15, -0.1) is 22.7 Å². The van der Waals surface area contributed by atoms with Gasteiger partial charge in [0.2, 0.25) is 0 Å². The van der Waals surface area contributed by atoms with Crippen molar-refractivity contribution in [3.63, 3.8) is 0 Å². The first-order valence-electron chi connectivity index (χ1n) is 9.40. The smallest absolute Gasteiger partial charge is 0.341 e. The molecule has 29 heavy (non-hydrogen) atoms. The Morgan fingerprint density at radius 3 is 2.79 bits per heavy atom. The Balaban J connectivity index is 1.72. The summed E-state index contributed by atoms with van der Waals surface area (Å²) in [6, 6.07) is 5.45. The first kappa shape index (κ1) is 20.7. The molecule has 0 spiro atoms. The number of anilines is 1. The van der Waals surface area contributed by atoms with Gasteiger partial charge < -0.3 is 10.1 Å². The Kier molecular flexibility index (Phi) is 5.89. The summed E-state index contributed by atoms with van der Waals surface area (Å²) in [6.45, 7) is 4.26. The van der Waals surface area contributed by atoms with Gasteiger partial charge in [0.05, 0.1) is 22.2 Å². The zero-order chi connectivity index (χ0) is 20.7. The van der Waals surface area contributed by atoms with Gasteiger partial charge in [0.25, 0.3) is 5.91 Å². The number of esters is 1. The minimum atomic E-state index is -0.389. The van der Waals surface area contributed by atoms with Crippen molar-refractivity contribution in [3.8, 4) is 0 Å². The van der Waals surface area contributed by atoms with Gasteiger partial charge in [0.1, 0.15) is 9.88 Å². The Hall–Kier alpha value is -1.60. The van der Waals surface area contributed by atoms with Crippen LogP contribution >= 0.6 is 45.9 Å². The van der Waals surface area contributed by atoms with Crippen LogP contribution in [0.4, 0.5) is 5.00 Å². The molecule has 1 amide bonds. The van der Waals surface area contributed by atoms with Crippen molar-refractivity contribution in [2.45, 2.75) is 33.1 Å². The second kappa shape index (κ2) is 8.26. The summed E-state index contributed by atoms with van der Waals surface area (Å²) >= 11 is 15.5. The van der Waals surface area contributed by atoms with Gasteiger partial charge in [-0.2, -0.15) is 0 Å². The lowest BCUT2D eigenvalue weighted by molar-refractivity contribution is 0.0526. The Labute approximate surface area is 186 Å². The van der Waals surface area contributed by atoms with E-state index in [9.17, 15) is 9.59 Å². The molecule has 1 N–H and O–H groups in total. The second-order valence-electron chi connectivity index (χ2n) is 7.09. The Morgan fingerprint density at radius 2 is 2.07 bits per heavy atom. The number of halogens is 2.